The number of hydrogen-bond donors (Lipinski definition) is 1. The largest absolute Gasteiger partial charge is 0.478 e. The summed E-state index contributed by atoms with van der Waals surface area (Å²) in [7, 11) is 0. The van der Waals surface area contributed by atoms with Crippen LogP contribution in [-0.4, -0.2) is 23.5 Å². The zero-order chi connectivity index (χ0) is 15.0. The lowest BCUT2D eigenvalue weighted by Crippen LogP contribution is -2.38. The molecule has 0 fully saturated rings. The average Bonchev–Trinajstić information content (AvgIpc) is 2.48. The Bertz CT molecular complexity index is 737. The van der Waals surface area contributed by atoms with Crippen molar-refractivity contribution in [2.45, 2.75) is 13.3 Å². The molecule has 0 aliphatic carbocycles. The number of anilines is 1. The molecule has 1 heterocycles. The highest BCUT2D eigenvalue weighted by molar-refractivity contribution is 6.08. The fourth-order valence-corrected chi connectivity index (χ4v) is 2.75. The number of aromatic carboxylic acids is 1. The van der Waals surface area contributed by atoms with Gasteiger partial charge in [0.2, 0.25) is 0 Å². The van der Waals surface area contributed by atoms with E-state index < -0.39 is 5.97 Å². The van der Waals surface area contributed by atoms with Crippen LogP contribution in [0.15, 0.2) is 42.5 Å². The minimum atomic E-state index is -0.958. The summed E-state index contributed by atoms with van der Waals surface area (Å²) in [5.74, 6) is -0.983. The highest BCUT2D eigenvalue weighted by Crippen LogP contribution is 2.27. The van der Waals surface area contributed by atoms with Gasteiger partial charge in [0.05, 0.1) is 5.56 Å². The highest BCUT2D eigenvalue weighted by Gasteiger charge is 2.26. The van der Waals surface area contributed by atoms with Gasteiger partial charge in [-0.3, -0.25) is 4.79 Å². The van der Waals surface area contributed by atoms with Crippen LogP contribution in [0.4, 0.5) is 5.69 Å². The molecule has 2 aromatic rings. The topological polar surface area (TPSA) is 57.6 Å². The van der Waals surface area contributed by atoms with E-state index in [1.807, 2.05) is 31.2 Å². The number of aryl methyl sites for hydroxylation is 1. The first-order valence-electron chi connectivity index (χ1n) is 6.81. The van der Waals surface area contributed by atoms with Gasteiger partial charge in [-0.15, -0.1) is 0 Å². The van der Waals surface area contributed by atoms with Gasteiger partial charge in [0.15, 0.2) is 0 Å². The summed E-state index contributed by atoms with van der Waals surface area (Å²) < 4.78 is 0. The van der Waals surface area contributed by atoms with Crippen molar-refractivity contribution in [2.24, 2.45) is 0 Å². The minimum Gasteiger partial charge on any atom is -0.478 e. The Morgan fingerprint density at radius 3 is 2.67 bits per heavy atom. The molecule has 4 nitrogen and oxygen atoms in total. The monoisotopic (exact) mass is 281 g/mol. The molecule has 0 unspecified atom stereocenters. The fraction of sp³-hybridized carbons (Fsp3) is 0.176. The summed E-state index contributed by atoms with van der Waals surface area (Å²) in [6.45, 7) is 2.44. The summed E-state index contributed by atoms with van der Waals surface area (Å²) in [5.41, 5.74) is 3.60. The van der Waals surface area contributed by atoms with Gasteiger partial charge in [0.1, 0.15) is 0 Å². The van der Waals surface area contributed by atoms with E-state index in [0.717, 1.165) is 28.8 Å². The zero-order valence-corrected chi connectivity index (χ0v) is 11.7. The van der Waals surface area contributed by atoms with Crippen molar-refractivity contribution < 1.29 is 14.7 Å². The van der Waals surface area contributed by atoms with E-state index in [4.69, 9.17) is 5.11 Å². The average molecular weight is 281 g/mol. The molecule has 0 aromatic heterocycles. The summed E-state index contributed by atoms with van der Waals surface area (Å²) in [6.07, 6.45) is 0.808. The number of rotatable bonds is 2. The van der Waals surface area contributed by atoms with E-state index in [-0.39, 0.29) is 11.5 Å². The molecule has 0 spiro atoms. The number of hydrogen-bond acceptors (Lipinski definition) is 2. The third-order valence-corrected chi connectivity index (χ3v) is 3.83. The highest BCUT2D eigenvalue weighted by atomic mass is 16.4. The molecule has 0 radical (unpaired) electrons. The molecule has 0 saturated heterocycles. The van der Waals surface area contributed by atoms with Gasteiger partial charge in [-0.2, -0.15) is 0 Å². The molecule has 2 aromatic carbocycles. The van der Waals surface area contributed by atoms with Gasteiger partial charge >= 0.3 is 5.97 Å². The number of carbonyl (C=O) groups is 2. The molecule has 1 aliphatic rings. The molecule has 4 heteroatoms. The van der Waals surface area contributed by atoms with Gasteiger partial charge in [-0.05, 0) is 48.7 Å². The van der Waals surface area contributed by atoms with Crippen molar-refractivity contribution in [3.05, 3.63) is 64.7 Å². The zero-order valence-electron chi connectivity index (χ0n) is 11.7. The van der Waals surface area contributed by atoms with Crippen LogP contribution < -0.4 is 4.90 Å². The van der Waals surface area contributed by atoms with E-state index in [1.54, 1.807) is 23.1 Å². The molecular weight excluding hydrogens is 266 g/mol. The van der Waals surface area contributed by atoms with E-state index >= 15 is 0 Å². The predicted molar refractivity (Wildman–Crippen MR) is 80.0 cm³/mol. The Balaban J connectivity index is 1.99. The molecule has 1 N–H and O–H groups in total. The van der Waals surface area contributed by atoms with Crippen LogP contribution in [0.2, 0.25) is 0 Å². The van der Waals surface area contributed by atoms with Crippen LogP contribution in [0.1, 0.15) is 31.8 Å². The molecule has 21 heavy (non-hydrogen) atoms. The van der Waals surface area contributed by atoms with Gasteiger partial charge < -0.3 is 10.0 Å². The molecule has 106 valence electrons. The first-order chi connectivity index (χ1) is 10.1. The molecule has 1 amide bonds. The van der Waals surface area contributed by atoms with Crippen LogP contribution in [0.3, 0.4) is 0 Å². The molecule has 0 atom stereocenters. The summed E-state index contributed by atoms with van der Waals surface area (Å²) in [5, 5.41) is 9.01. The Kier molecular flexibility index (Phi) is 3.22. The Hall–Kier alpha value is -2.62. The van der Waals surface area contributed by atoms with Gasteiger partial charge in [0.25, 0.3) is 5.91 Å². The molecule has 1 aliphatic heterocycles. The second kappa shape index (κ2) is 5.05. The van der Waals surface area contributed by atoms with Gasteiger partial charge in [-0.25, -0.2) is 4.79 Å². The van der Waals surface area contributed by atoms with Gasteiger partial charge in [0, 0.05) is 17.8 Å². The number of carbonyl (C=O) groups excluding carboxylic acids is 1. The quantitative estimate of drug-likeness (QED) is 0.920. The number of benzene rings is 2. The predicted octanol–water partition coefficient (Wildman–Crippen LogP) is 2.90. The van der Waals surface area contributed by atoms with E-state index in [2.05, 4.69) is 0 Å². The lowest BCUT2D eigenvalue weighted by molar-refractivity contribution is 0.0696. The minimum absolute atomic E-state index is 0.0250. The van der Waals surface area contributed by atoms with E-state index in [9.17, 15) is 9.59 Å². The standard InChI is InChI=1S/C17H15NO3/c1-11-10-13(17(20)21)6-7-15(11)18-9-8-12-4-2-3-5-14(12)16(18)19/h2-7,10H,8-9H2,1H3,(H,20,21). The molecule has 3 rings (SSSR count). The van der Waals surface area contributed by atoms with Crippen LogP contribution in [-0.2, 0) is 6.42 Å². The normalized spacial score (nSPS) is 14.0. The molecular formula is C17H15NO3. The lowest BCUT2D eigenvalue weighted by atomic mass is 9.97. The first kappa shape index (κ1) is 13.4. The first-order valence-corrected chi connectivity index (χ1v) is 6.81. The van der Waals surface area contributed by atoms with Crippen molar-refractivity contribution in [1.82, 2.24) is 0 Å². The van der Waals surface area contributed by atoms with Crippen LogP contribution >= 0.6 is 0 Å². The van der Waals surface area contributed by atoms with E-state index in [0.29, 0.717) is 6.54 Å². The van der Waals surface area contributed by atoms with Crippen molar-refractivity contribution in [1.29, 1.82) is 0 Å². The third-order valence-electron chi connectivity index (χ3n) is 3.83. The maximum absolute atomic E-state index is 12.6. The number of amides is 1. The summed E-state index contributed by atoms with van der Waals surface area (Å²) in [6, 6.07) is 12.5. The lowest BCUT2D eigenvalue weighted by Gasteiger charge is -2.29. The van der Waals surface area contributed by atoms with Crippen LogP contribution in [0.5, 0.6) is 0 Å². The summed E-state index contributed by atoms with van der Waals surface area (Å²) >= 11 is 0. The maximum Gasteiger partial charge on any atom is 0.335 e. The Morgan fingerprint density at radius 2 is 1.95 bits per heavy atom. The summed E-state index contributed by atoms with van der Waals surface area (Å²) in [4.78, 5) is 25.3. The van der Waals surface area contributed by atoms with Gasteiger partial charge in [-0.1, -0.05) is 18.2 Å². The van der Waals surface area contributed by atoms with Crippen molar-refractivity contribution in [2.75, 3.05) is 11.4 Å². The second-order valence-corrected chi connectivity index (χ2v) is 5.17. The number of fused-ring (bicyclic) bond motifs is 1. The SMILES string of the molecule is Cc1cc(C(=O)O)ccc1N1CCc2ccccc2C1=O. The number of nitrogens with zero attached hydrogens (tertiary/aromatic N) is 1. The third kappa shape index (κ3) is 2.29. The smallest absolute Gasteiger partial charge is 0.335 e. The fourth-order valence-electron chi connectivity index (χ4n) is 2.75. The van der Waals surface area contributed by atoms with Crippen molar-refractivity contribution >= 4 is 17.6 Å². The second-order valence-electron chi connectivity index (χ2n) is 5.17. The van der Waals surface area contributed by atoms with Crippen molar-refractivity contribution in [3.63, 3.8) is 0 Å². The van der Waals surface area contributed by atoms with Crippen molar-refractivity contribution in [3.8, 4) is 0 Å². The van der Waals surface area contributed by atoms with E-state index in [1.165, 1.54) is 0 Å². The molecule has 0 bridgehead atoms. The number of carboxylic acid groups (broad SMARTS) is 1. The Labute approximate surface area is 122 Å². The van der Waals surface area contributed by atoms with Crippen LogP contribution in [0, 0.1) is 6.92 Å². The maximum atomic E-state index is 12.6. The Morgan fingerprint density at radius 1 is 1.19 bits per heavy atom. The molecule has 0 saturated carbocycles. The van der Waals surface area contributed by atoms with Crippen LogP contribution in [0.25, 0.3) is 0 Å². The number of carboxylic acids is 1.